The fourth-order valence-electron chi connectivity index (χ4n) is 6.13. The fourth-order valence-corrected chi connectivity index (χ4v) is 6.13. The third-order valence-electron chi connectivity index (χ3n) is 8.21. The van der Waals surface area contributed by atoms with E-state index >= 15 is 0 Å². The Balaban J connectivity index is 1.97. The lowest BCUT2D eigenvalue weighted by atomic mass is 9.68. The molecule has 2 fully saturated rings. The highest BCUT2D eigenvalue weighted by Crippen LogP contribution is 2.42. The monoisotopic (exact) mass is 406 g/mol. The van der Waals surface area contributed by atoms with Crippen molar-refractivity contribution in [2.45, 2.75) is 173 Å². The molecule has 0 heterocycles. The van der Waals surface area contributed by atoms with Gasteiger partial charge in [0.15, 0.2) is 0 Å². The summed E-state index contributed by atoms with van der Waals surface area (Å²) in [6, 6.07) is 0. The molecule has 2 aliphatic rings. The molecule has 0 aromatic carbocycles. The van der Waals surface area contributed by atoms with Gasteiger partial charge in [-0.3, -0.25) is 0 Å². The van der Waals surface area contributed by atoms with Crippen LogP contribution in [0.5, 0.6) is 0 Å². The number of rotatable bonds is 0. The summed E-state index contributed by atoms with van der Waals surface area (Å²) in [5, 5.41) is 11.5. The first-order chi connectivity index (χ1) is 14.3. The normalized spacial score (nSPS) is 28.7. The van der Waals surface area contributed by atoms with Gasteiger partial charge in [0.2, 0.25) is 0 Å². The molecular formula is C28H54O. The average Bonchev–Trinajstić information content (AvgIpc) is 2.73. The lowest BCUT2D eigenvalue weighted by Crippen LogP contribution is -2.35. The van der Waals surface area contributed by atoms with Gasteiger partial charge in [0.25, 0.3) is 0 Å². The van der Waals surface area contributed by atoms with E-state index in [1.54, 1.807) is 0 Å². The van der Waals surface area contributed by atoms with Crippen molar-refractivity contribution in [1.29, 1.82) is 0 Å². The van der Waals surface area contributed by atoms with Crippen LogP contribution in [0, 0.1) is 5.41 Å². The summed E-state index contributed by atoms with van der Waals surface area (Å²) in [5.74, 6) is 0. The molecule has 0 aromatic rings. The van der Waals surface area contributed by atoms with Crippen LogP contribution in [0.4, 0.5) is 0 Å². The van der Waals surface area contributed by atoms with E-state index < -0.39 is 0 Å². The summed E-state index contributed by atoms with van der Waals surface area (Å²) < 4.78 is 0. The van der Waals surface area contributed by atoms with Crippen molar-refractivity contribution in [1.82, 2.24) is 0 Å². The molecule has 1 spiro atoms. The Morgan fingerprint density at radius 1 is 0.345 bits per heavy atom. The first kappa shape index (κ1) is 25.2. The SMILES string of the molecule is OC1CCCCCCCCCCCCCC12CCCCCCCCCCCCC2. The third-order valence-corrected chi connectivity index (χ3v) is 8.21. The molecule has 172 valence electrons. The van der Waals surface area contributed by atoms with E-state index in [1.165, 1.54) is 161 Å². The molecule has 1 nitrogen and oxygen atoms in total. The molecular weight excluding hydrogens is 352 g/mol. The highest BCUT2D eigenvalue weighted by atomic mass is 16.3. The van der Waals surface area contributed by atoms with E-state index in [9.17, 15) is 5.11 Å². The summed E-state index contributed by atoms with van der Waals surface area (Å²) >= 11 is 0. The summed E-state index contributed by atoms with van der Waals surface area (Å²) in [5.41, 5.74) is 0.240. The van der Waals surface area contributed by atoms with Crippen LogP contribution in [-0.2, 0) is 0 Å². The maximum Gasteiger partial charge on any atom is 0.0596 e. The zero-order valence-corrected chi connectivity index (χ0v) is 19.9. The van der Waals surface area contributed by atoms with Gasteiger partial charge < -0.3 is 5.11 Å². The maximum atomic E-state index is 11.5. The van der Waals surface area contributed by atoms with Crippen molar-refractivity contribution in [3.63, 3.8) is 0 Å². The van der Waals surface area contributed by atoms with Crippen LogP contribution < -0.4 is 0 Å². The summed E-state index contributed by atoms with van der Waals surface area (Å²) in [4.78, 5) is 0. The van der Waals surface area contributed by atoms with Crippen molar-refractivity contribution in [3.05, 3.63) is 0 Å². The van der Waals surface area contributed by atoms with Crippen molar-refractivity contribution in [2.24, 2.45) is 5.41 Å². The van der Waals surface area contributed by atoms with E-state index in [-0.39, 0.29) is 11.5 Å². The van der Waals surface area contributed by atoms with Gasteiger partial charge in [0.1, 0.15) is 0 Å². The fraction of sp³-hybridized carbons (Fsp3) is 1.00. The predicted molar refractivity (Wildman–Crippen MR) is 128 cm³/mol. The van der Waals surface area contributed by atoms with Crippen LogP contribution >= 0.6 is 0 Å². The molecule has 2 saturated carbocycles. The highest BCUT2D eigenvalue weighted by Gasteiger charge is 2.35. The van der Waals surface area contributed by atoms with Crippen LogP contribution in [0.3, 0.4) is 0 Å². The van der Waals surface area contributed by atoms with Gasteiger partial charge in [0, 0.05) is 0 Å². The second-order valence-electron chi connectivity index (χ2n) is 10.7. The average molecular weight is 407 g/mol. The molecule has 0 saturated heterocycles. The van der Waals surface area contributed by atoms with Crippen molar-refractivity contribution in [3.8, 4) is 0 Å². The summed E-state index contributed by atoms with van der Waals surface area (Å²) in [6.07, 6.45) is 35.9. The van der Waals surface area contributed by atoms with Gasteiger partial charge in [-0.25, -0.2) is 0 Å². The Labute approximate surface area is 183 Å². The predicted octanol–water partition coefficient (Wildman–Crippen LogP) is 9.50. The van der Waals surface area contributed by atoms with E-state index in [1.807, 2.05) is 0 Å². The Morgan fingerprint density at radius 2 is 0.586 bits per heavy atom. The lowest BCUT2D eigenvalue weighted by molar-refractivity contribution is -0.00894. The molecule has 29 heavy (non-hydrogen) atoms. The Kier molecular flexibility index (Phi) is 14.5. The molecule has 0 amide bonds. The maximum absolute atomic E-state index is 11.5. The van der Waals surface area contributed by atoms with Gasteiger partial charge in [-0.05, 0) is 31.1 Å². The van der Waals surface area contributed by atoms with Gasteiger partial charge >= 0.3 is 0 Å². The minimum absolute atomic E-state index is 0.0412. The van der Waals surface area contributed by atoms with Crippen LogP contribution in [0.2, 0.25) is 0 Å². The van der Waals surface area contributed by atoms with Crippen molar-refractivity contribution < 1.29 is 5.11 Å². The second kappa shape index (κ2) is 16.6. The largest absolute Gasteiger partial charge is 0.393 e. The molecule has 2 rings (SSSR count). The van der Waals surface area contributed by atoms with Gasteiger partial charge in [0.05, 0.1) is 6.10 Å². The van der Waals surface area contributed by atoms with Crippen LogP contribution in [0.15, 0.2) is 0 Å². The molecule has 1 atom stereocenters. The number of hydrogen-bond acceptors (Lipinski definition) is 1. The molecule has 0 radical (unpaired) electrons. The van der Waals surface area contributed by atoms with Crippen LogP contribution in [0.1, 0.15) is 167 Å². The smallest absolute Gasteiger partial charge is 0.0596 e. The minimum Gasteiger partial charge on any atom is -0.393 e. The highest BCUT2D eigenvalue weighted by molar-refractivity contribution is 4.87. The molecule has 0 aliphatic heterocycles. The molecule has 1 unspecified atom stereocenters. The molecule has 2 aliphatic carbocycles. The van der Waals surface area contributed by atoms with Crippen LogP contribution in [-0.4, -0.2) is 11.2 Å². The van der Waals surface area contributed by atoms with Gasteiger partial charge in [-0.15, -0.1) is 0 Å². The molecule has 1 heteroatoms. The first-order valence-corrected chi connectivity index (χ1v) is 14.0. The van der Waals surface area contributed by atoms with E-state index in [0.717, 1.165) is 6.42 Å². The third kappa shape index (κ3) is 11.2. The zero-order valence-electron chi connectivity index (χ0n) is 19.9. The quantitative estimate of drug-likeness (QED) is 0.424. The lowest BCUT2D eigenvalue weighted by Gasteiger charge is -2.39. The topological polar surface area (TPSA) is 20.2 Å². The number of aliphatic hydroxyl groups excluding tert-OH is 1. The minimum atomic E-state index is -0.0412. The molecule has 0 aromatic heterocycles. The Bertz CT molecular complexity index is 349. The molecule has 1 N–H and O–H groups in total. The van der Waals surface area contributed by atoms with Crippen molar-refractivity contribution >= 4 is 0 Å². The van der Waals surface area contributed by atoms with E-state index in [4.69, 9.17) is 0 Å². The van der Waals surface area contributed by atoms with Crippen LogP contribution in [0.25, 0.3) is 0 Å². The summed E-state index contributed by atoms with van der Waals surface area (Å²) in [6.45, 7) is 0. The second-order valence-corrected chi connectivity index (χ2v) is 10.7. The summed E-state index contributed by atoms with van der Waals surface area (Å²) in [7, 11) is 0. The van der Waals surface area contributed by atoms with Crippen molar-refractivity contribution in [2.75, 3.05) is 0 Å². The first-order valence-electron chi connectivity index (χ1n) is 14.0. The standard InChI is InChI=1S/C28H54O/c29-27-23-19-15-11-7-3-1-4-8-12-16-20-24-28(27)25-21-17-13-9-5-2-6-10-14-18-22-26-28/h27,29H,1-26H2. The van der Waals surface area contributed by atoms with E-state index in [0.29, 0.717) is 0 Å². The van der Waals surface area contributed by atoms with E-state index in [2.05, 4.69) is 0 Å². The van der Waals surface area contributed by atoms with Gasteiger partial charge in [-0.1, -0.05) is 141 Å². The number of hydrogen-bond donors (Lipinski definition) is 1. The number of aliphatic hydroxyl groups is 1. The Hall–Kier alpha value is -0.0400. The zero-order chi connectivity index (χ0) is 20.5. The van der Waals surface area contributed by atoms with Gasteiger partial charge in [-0.2, -0.15) is 0 Å². The molecule has 0 bridgehead atoms. The Morgan fingerprint density at radius 3 is 0.897 bits per heavy atom.